The van der Waals surface area contributed by atoms with Gasteiger partial charge in [-0.2, -0.15) is 0 Å². The molecule has 0 unspecified atom stereocenters. The van der Waals surface area contributed by atoms with Crippen molar-refractivity contribution in [1.82, 2.24) is 4.98 Å². The highest BCUT2D eigenvalue weighted by molar-refractivity contribution is 6.04. The first-order valence-corrected chi connectivity index (χ1v) is 6.10. The second-order valence-corrected chi connectivity index (χ2v) is 4.38. The first kappa shape index (κ1) is 13.1. The zero-order chi connectivity index (χ0) is 13.8. The second kappa shape index (κ2) is 5.52. The Kier molecular flexibility index (Phi) is 3.80. The van der Waals surface area contributed by atoms with Gasteiger partial charge >= 0.3 is 0 Å². The molecule has 0 radical (unpaired) electrons. The molecule has 0 spiro atoms. The van der Waals surface area contributed by atoms with Crippen LogP contribution in [0.4, 0.5) is 11.4 Å². The Morgan fingerprint density at radius 2 is 1.89 bits per heavy atom. The van der Waals surface area contributed by atoms with E-state index in [9.17, 15) is 4.79 Å². The van der Waals surface area contributed by atoms with Crippen molar-refractivity contribution in [2.75, 3.05) is 24.3 Å². The van der Waals surface area contributed by atoms with Gasteiger partial charge in [0.2, 0.25) is 0 Å². The second-order valence-electron chi connectivity index (χ2n) is 4.38. The van der Waals surface area contributed by atoms with Gasteiger partial charge in [0.15, 0.2) is 0 Å². The summed E-state index contributed by atoms with van der Waals surface area (Å²) in [5.41, 5.74) is 3.32. The molecule has 0 fully saturated rings. The van der Waals surface area contributed by atoms with E-state index in [0.29, 0.717) is 5.69 Å². The highest BCUT2D eigenvalue weighted by Crippen LogP contribution is 2.16. The van der Waals surface area contributed by atoms with Crippen molar-refractivity contribution in [2.45, 2.75) is 6.92 Å². The van der Waals surface area contributed by atoms with Gasteiger partial charge < -0.3 is 10.2 Å². The fourth-order valence-corrected chi connectivity index (χ4v) is 1.76. The van der Waals surface area contributed by atoms with Crippen LogP contribution in [0.3, 0.4) is 0 Å². The molecule has 0 atom stereocenters. The maximum Gasteiger partial charge on any atom is 0.276 e. The Morgan fingerprint density at radius 3 is 2.53 bits per heavy atom. The Morgan fingerprint density at radius 1 is 1.21 bits per heavy atom. The van der Waals surface area contributed by atoms with Crippen molar-refractivity contribution in [2.24, 2.45) is 0 Å². The summed E-state index contributed by atoms with van der Waals surface area (Å²) in [7, 11) is 3.56. The molecule has 0 aliphatic heterocycles. The van der Waals surface area contributed by atoms with Crippen molar-refractivity contribution < 1.29 is 4.79 Å². The third-order valence-electron chi connectivity index (χ3n) is 2.99. The minimum Gasteiger partial charge on any atom is -0.388 e. The van der Waals surface area contributed by atoms with Crippen LogP contribution >= 0.6 is 0 Å². The molecule has 1 N–H and O–H groups in total. The average Bonchev–Trinajstić information content (AvgIpc) is 2.46. The lowest BCUT2D eigenvalue weighted by atomic mass is 10.2. The lowest BCUT2D eigenvalue weighted by Crippen LogP contribution is -2.27. The molecular weight excluding hydrogens is 238 g/mol. The normalized spacial score (nSPS) is 10.1. The lowest BCUT2D eigenvalue weighted by molar-refractivity contribution is 0.0988. The van der Waals surface area contributed by atoms with Crippen molar-refractivity contribution in [3.63, 3.8) is 0 Å². The van der Waals surface area contributed by atoms with Crippen LogP contribution in [0.1, 0.15) is 16.1 Å². The molecule has 1 aromatic carbocycles. The van der Waals surface area contributed by atoms with E-state index in [-0.39, 0.29) is 5.91 Å². The van der Waals surface area contributed by atoms with Crippen LogP contribution in [0, 0.1) is 6.92 Å². The molecular formula is C15H17N3O. The summed E-state index contributed by atoms with van der Waals surface area (Å²) in [6.45, 7) is 2.02. The summed E-state index contributed by atoms with van der Waals surface area (Å²) in [6.07, 6.45) is 1.63. The fourth-order valence-electron chi connectivity index (χ4n) is 1.76. The Labute approximate surface area is 113 Å². The molecule has 4 heteroatoms. The topological polar surface area (TPSA) is 45.2 Å². The van der Waals surface area contributed by atoms with E-state index in [0.717, 1.165) is 11.4 Å². The number of pyridine rings is 1. The lowest BCUT2D eigenvalue weighted by Gasteiger charge is -2.17. The fraction of sp³-hybridized carbons (Fsp3) is 0.200. The third-order valence-corrected chi connectivity index (χ3v) is 2.99. The standard InChI is InChI=1S/C15H17N3O/c1-11-4-6-13(7-5-11)18(3)15(19)14-10-12(16-2)8-9-17-14/h4-10H,1-3H3,(H,16,17). The van der Waals surface area contributed by atoms with Crippen LogP contribution in [0.5, 0.6) is 0 Å². The number of rotatable bonds is 3. The minimum absolute atomic E-state index is 0.124. The molecule has 2 rings (SSSR count). The van der Waals surface area contributed by atoms with Gasteiger partial charge in [0.05, 0.1) is 0 Å². The van der Waals surface area contributed by atoms with Crippen LogP contribution in [0.15, 0.2) is 42.6 Å². The van der Waals surface area contributed by atoms with Crippen LogP contribution in [-0.2, 0) is 0 Å². The van der Waals surface area contributed by atoms with E-state index in [2.05, 4.69) is 10.3 Å². The molecule has 1 heterocycles. The Hall–Kier alpha value is -2.36. The SMILES string of the molecule is CNc1ccnc(C(=O)N(C)c2ccc(C)cc2)c1. The van der Waals surface area contributed by atoms with E-state index in [1.165, 1.54) is 5.56 Å². The van der Waals surface area contributed by atoms with Crippen molar-refractivity contribution >= 4 is 17.3 Å². The Bertz CT molecular complexity index is 578. The van der Waals surface area contributed by atoms with E-state index in [1.54, 1.807) is 24.2 Å². The predicted molar refractivity (Wildman–Crippen MR) is 77.7 cm³/mol. The number of hydrogen-bond donors (Lipinski definition) is 1. The molecule has 0 aliphatic carbocycles. The molecule has 4 nitrogen and oxygen atoms in total. The highest BCUT2D eigenvalue weighted by Gasteiger charge is 2.14. The summed E-state index contributed by atoms with van der Waals surface area (Å²) in [5, 5.41) is 3.00. The summed E-state index contributed by atoms with van der Waals surface area (Å²) in [4.78, 5) is 18.1. The predicted octanol–water partition coefficient (Wildman–Crippen LogP) is 2.71. The number of carbonyl (C=O) groups excluding carboxylic acids is 1. The van der Waals surface area contributed by atoms with Gasteiger partial charge in [0.1, 0.15) is 5.69 Å². The average molecular weight is 255 g/mol. The smallest absolute Gasteiger partial charge is 0.276 e. The number of nitrogens with one attached hydrogen (secondary N) is 1. The zero-order valence-electron chi connectivity index (χ0n) is 11.3. The van der Waals surface area contributed by atoms with Crippen LogP contribution in [0.2, 0.25) is 0 Å². The van der Waals surface area contributed by atoms with Crippen LogP contribution in [0.25, 0.3) is 0 Å². The van der Waals surface area contributed by atoms with E-state index >= 15 is 0 Å². The first-order chi connectivity index (χ1) is 9.11. The summed E-state index contributed by atoms with van der Waals surface area (Å²) < 4.78 is 0. The number of carbonyl (C=O) groups is 1. The van der Waals surface area contributed by atoms with Gasteiger partial charge in [-0.3, -0.25) is 9.78 Å². The molecule has 0 aliphatic rings. The summed E-state index contributed by atoms with van der Waals surface area (Å²) in [6, 6.07) is 11.4. The monoisotopic (exact) mass is 255 g/mol. The van der Waals surface area contributed by atoms with Gasteiger partial charge in [0.25, 0.3) is 5.91 Å². The number of anilines is 2. The molecule has 0 saturated heterocycles. The molecule has 1 amide bonds. The van der Waals surface area contributed by atoms with Crippen molar-refractivity contribution in [1.29, 1.82) is 0 Å². The number of aryl methyl sites for hydroxylation is 1. The number of benzene rings is 1. The number of hydrogen-bond acceptors (Lipinski definition) is 3. The number of nitrogens with zero attached hydrogens (tertiary/aromatic N) is 2. The highest BCUT2D eigenvalue weighted by atomic mass is 16.2. The maximum atomic E-state index is 12.3. The first-order valence-electron chi connectivity index (χ1n) is 6.10. The molecule has 2 aromatic rings. The largest absolute Gasteiger partial charge is 0.388 e. The van der Waals surface area contributed by atoms with Crippen LogP contribution < -0.4 is 10.2 Å². The quantitative estimate of drug-likeness (QED) is 0.917. The molecule has 1 aromatic heterocycles. The summed E-state index contributed by atoms with van der Waals surface area (Å²) >= 11 is 0. The van der Waals surface area contributed by atoms with Gasteiger partial charge in [-0.15, -0.1) is 0 Å². The minimum atomic E-state index is -0.124. The maximum absolute atomic E-state index is 12.3. The third kappa shape index (κ3) is 2.91. The van der Waals surface area contributed by atoms with E-state index in [1.807, 2.05) is 44.3 Å². The van der Waals surface area contributed by atoms with Gasteiger partial charge in [-0.05, 0) is 31.2 Å². The van der Waals surface area contributed by atoms with Crippen LogP contribution in [-0.4, -0.2) is 25.0 Å². The van der Waals surface area contributed by atoms with Gasteiger partial charge in [-0.1, -0.05) is 17.7 Å². The van der Waals surface area contributed by atoms with E-state index < -0.39 is 0 Å². The molecule has 0 saturated carbocycles. The summed E-state index contributed by atoms with van der Waals surface area (Å²) in [5.74, 6) is -0.124. The number of aromatic nitrogens is 1. The number of amides is 1. The molecule has 98 valence electrons. The Balaban J connectivity index is 2.25. The zero-order valence-corrected chi connectivity index (χ0v) is 11.3. The molecule has 0 bridgehead atoms. The van der Waals surface area contributed by atoms with Crippen molar-refractivity contribution in [3.8, 4) is 0 Å². The van der Waals surface area contributed by atoms with Gasteiger partial charge in [0, 0.05) is 31.7 Å². The van der Waals surface area contributed by atoms with Crippen molar-refractivity contribution in [3.05, 3.63) is 53.9 Å². The molecule has 19 heavy (non-hydrogen) atoms. The van der Waals surface area contributed by atoms with E-state index in [4.69, 9.17) is 0 Å². The van der Waals surface area contributed by atoms with Gasteiger partial charge in [-0.25, -0.2) is 0 Å².